The molecule has 5 heteroatoms. The van der Waals surface area contributed by atoms with Crippen molar-refractivity contribution >= 4 is 17.5 Å². The first-order valence-electron chi connectivity index (χ1n) is 8.33. The molecule has 0 bridgehead atoms. The van der Waals surface area contributed by atoms with Gasteiger partial charge in [-0.15, -0.1) is 0 Å². The average molecular weight is 362 g/mol. The number of nitrogens with one attached hydrogen (secondary N) is 1. The Kier molecular flexibility index (Phi) is 7.14. The van der Waals surface area contributed by atoms with Gasteiger partial charge in [-0.2, -0.15) is 0 Å². The number of carbonyl (C=O) groups excluding carboxylic acids is 1. The second-order valence-electron chi connectivity index (χ2n) is 5.91. The summed E-state index contributed by atoms with van der Waals surface area (Å²) < 4.78 is 10.8. The topological polar surface area (TPSA) is 47.6 Å². The highest BCUT2D eigenvalue weighted by Gasteiger charge is 2.14. The van der Waals surface area contributed by atoms with Crippen LogP contribution < -0.4 is 14.8 Å². The van der Waals surface area contributed by atoms with E-state index in [4.69, 9.17) is 21.1 Å². The van der Waals surface area contributed by atoms with Gasteiger partial charge in [-0.05, 0) is 68.1 Å². The van der Waals surface area contributed by atoms with Gasteiger partial charge in [-0.25, -0.2) is 0 Å². The third kappa shape index (κ3) is 5.98. The monoisotopic (exact) mass is 361 g/mol. The van der Waals surface area contributed by atoms with E-state index in [1.165, 1.54) is 5.56 Å². The number of aryl methyl sites for hydroxylation is 2. The van der Waals surface area contributed by atoms with E-state index < -0.39 is 6.10 Å². The summed E-state index contributed by atoms with van der Waals surface area (Å²) in [5.41, 5.74) is 2.14. The maximum Gasteiger partial charge on any atom is 0.260 e. The molecule has 134 valence electrons. The summed E-state index contributed by atoms with van der Waals surface area (Å²) in [7, 11) is 1.65. The van der Waals surface area contributed by atoms with Crippen molar-refractivity contribution in [1.82, 2.24) is 5.32 Å². The van der Waals surface area contributed by atoms with Crippen LogP contribution in [0.15, 0.2) is 42.5 Å². The Balaban J connectivity index is 1.72. The summed E-state index contributed by atoms with van der Waals surface area (Å²) in [6.45, 7) is 4.25. The lowest BCUT2D eigenvalue weighted by molar-refractivity contribution is -0.127. The predicted octanol–water partition coefficient (Wildman–Crippen LogP) is 4.17. The summed E-state index contributed by atoms with van der Waals surface area (Å²) in [5, 5.41) is 3.59. The Bertz CT molecular complexity index is 701. The molecule has 2 rings (SSSR count). The van der Waals surface area contributed by atoms with Crippen molar-refractivity contribution in [2.24, 2.45) is 0 Å². The van der Waals surface area contributed by atoms with Crippen LogP contribution in [0.1, 0.15) is 24.5 Å². The lowest BCUT2D eigenvalue weighted by Crippen LogP contribution is -2.36. The molecule has 0 fully saturated rings. The average Bonchev–Trinajstić information content (AvgIpc) is 2.62. The van der Waals surface area contributed by atoms with Crippen LogP contribution in [-0.2, 0) is 11.2 Å². The Hall–Kier alpha value is -2.20. The van der Waals surface area contributed by atoms with Crippen LogP contribution in [0.3, 0.4) is 0 Å². The van der Waals surface area contributed by atoms with Crippen LogP contribution in [0.4, 0.5) is 0 Å². The predicted molar refractivity (Wildman–Crippen MR) is 101 cm³/mol. The van der Waals surface area contributed by atoms with E-state index in [1.54, 1.807) is 26.2 Å². The van der Waals surface area contributed by atoms with E-state index >= 15 is 0 Å². The minimum absolute atomic E-state index is 0.123. The zero-order valence-corrected chi connectivity index (χ0v) is 15.6. The van der Waals surface area contributed by atoms with Crippen molar-refractivity contribution in [1.29, 1.82) is 0 Å². The molecule has 0 radical (unpaired) electrons. The first-order valence-corrected chi connectivity index (χ1v) is 8.71. The van der Waals surface area contributed by atoms with Crippen LogP contribution in [0.25, 0.3) is 0 Å². The molecule has 0 saturated heterocycles. The molecule has 0 unspecified atom stereocenters. The molecule has 0 heterocycles. The molecule has 0 aliphatic heterocycles. The number of amides is 1. The first-order chi connectivity index (χ1) is 12.0. The summed E-state index contributed by atoms with van der Waals surface area (Å²) in [4.78, 5) is 12.1. The number of rotatable bonds is 8. The normalized spacial score (nSPS) is 11.7. The van der Waals surface area contributed by atoms with Gasteiger partial charge in [0.25, 0.3) is 5.91 Å². The highest BCUT2D eigenvalue weighted by molar-refractivity contribution is 6.31. The van der Waals surface area contributed by atoms with Crippen molar-refractivity contribution in [2.75, 3.05) is 13.7 Å². The van der Waals surface area contributed by atoms with Gasteiger partial charge in [0.15, 0.2) is 6.10 Å². The van der Waals surface area contributed by atoms with E-state index in [1.807, 2.05) is 37.3 Å². The summed E-state index contributed by atoms with van der Waals surface area (Å²) in [5.74, 6) is 1.37. The molecule has 4 nitrogen and oxygen atoms in total. The molecule has 1 N–H and O–H groups in total. The van der Waals surface area contributed by atoms with Gasteiger partial charge >= 0.3 is 0 Å². The molecule has 0 saturated carbocycles. The molecular formula is C20H24ClNO3. The lowest BCUT2D eigenvalue weighted by atomic mass is 10.1. The number of halogens is 1. The van der Waals surface area contributed by atoms with Crippen molar-refractivity contribution in [3.05, 3.63) is 58.6 Å². The van der Waals surface area contributed by atoms with Gasteiger partial charge in [-0.1, -0.05) is 23.7 Å². The maximum atomic E-state index is 12.1. The Morgan fingerprint density at radius 1 is 1.16 bits per heavy atom. The fourth-order valence-corrected chi connectivity index (χ4v) is 2.51. The van der Waals surface area contributed by atoms with Crippen molar-refractivity contribution in [3.63, 3.8) is 0 Å². The van der Waals surface area contributed by atoms with Crippen LogP contribution in [0.2, 0.25) is 5.02 Å². The van der Waals surface area contributed by atoms with Crippen LogP contribution in [0, 0.1) is 6.92 Å². The standard InChI is InChI=1S/C20H24ClNO3/c1-14-13-18(10-11-19(14)21)25-15(2)20(23)22-12-4-5-16-6-8-17(24-3)9-7-16/h6-11,13,15H,4-5,12H2,1-3H3,(H,22,23)/t15-/m1/s1. The zero-order valence-electron chi connectivity index (χ0n) is 14.8. The van der Waals surface area contributed by atoms with Gasteiger partial charge < -0.3 is 14.8 Å². The number of benzene rings is 2. The molecule has 1 amide bonds. The van der Waals surface area contributed by atoms with Gasteiger partial charge in [0.2, 0.25) is 0 Å². The van der Waals surface area contributed by atoms with E-state index in [9.17, 15) is 4.79 Å². The largest absolute Gasteiger partial charge is 0.497 e. The molecular weight excluding hydrogens is 338 g/mol. The molecule has 0 aromatic heterocycles. The minimum Gasteiger partial charge on any atom is -0.497 e. The van der Waals surface area contributed by atoms with Crippen molar-refractivity contribution in [2.45, 2.75) is 32.8 Å². The number of ether oxygens (including phenoxy) is 2. The van der Waals surface area contributed by atoms with Crippen LogP contribution in [0.5, 0.6) is 11.5 Å². The zero-order chi connectivity index (χ0) is 18.2. The molecule has 0 aliphatic rings. The SMILES string of the molecule is COc1ccc(CCCNC(=O)[C@@H](C)Oc2ccc(Cl)c(C)c2)cc1. The fraction of sp³-hybridized carbons (Fsp3) is 0.350. The van der Waals surface area contributed by atoms with Gasteiger partial charge in [0, 0.05) is 11.6 Å². The minimum atomic E-state index is -0.554. The Morgan fingerprint density at radius 3 is 2.48 bits per heavy atom. The smallest absolute Gasteiger partial charge is 0.260 e. The third-order valence-corrected chi connectivity index (χ3v) is 4.34. The van der Waals surface area contributed by atoms with E-state index in [0.29, 0.717) is 17.3 Å². The summed E-state index contributed by atoms with van der Waals surface area (Å²) in [6, 6.07) is 13.3. The van der Waals surface area contributed by atoms with Crippen LogP contribution in [-0.4, -0.2) is 25.7 Å². The Labute approximate surface area is 154 Å². The summed E-state index contributed by atoms with van der Waals surface area (Å²) >= 11 is 5.99. The maximum absolute atomic E-state index is 12.1. The number of methoxy groups -OCH3 is 1. The van der Waals surface area contributed by atoms with E-state index in [2.05, 4.69) is 5.32 Å². The Morgan fingerprint density at radius 2 is 1.84 bits per heavy atom. The molecule has 2 aromatic rings. The highest BCUT2D eigenvalue weighted by atomic mass is 35.5. The number of carbonyl (C=O) groups is 1. The molecule has 2 aromatic carbocycles. The van der Waals surface area contributed by atoms with Crippen molar-refractivity contribution in [3.8, 4) is 11.5 Å². The summed E-state index contributed by atoms with van der Waals surface area (Å²) in [6.07, 6.45) is 1.21. The van der Waals surface area contributed by atoms with Gasteiger partial charge in [-0.3, -0.25) is 4.79 Å². The second-order valence-corrected chi connectivity index (χ2v) is 6.32. The molecule has 25 heavy (non-hydrogen) atoms. The van der Waals surface area contributed by atoms with E-state index in [0.717, 1.165) is 24.2 Å². The van der Waals surface area contributed by atoms with Crippen molar-refractivity contribution < 1.29 is 14.3 Å². The molecule has 0 aliphatic carbocycles. The molecule has 1 atom stereocenters. The molecule has 0 spiro atoms. The van der Waals surface area contributed by atoms with Gasteiger partial charge in [0.1, 0.15) is 11.5 Å². The highest BCUT2D eigenvalue weighted by Crippen LogP contribution is 2.21. The first kappa shape index (κ1) is 19.1. The number of hydrogen-bond acceptors (Lipinski definition) is 3. The quantitative estimate of drug-likeness (QED) is 0.718. The van der Waals surface area contributed by atoms with Crippen LogP contribution >= 0.6 is 11.6 Å². The lowest BCUT2D eigenvalue weighted by Gasteiger charge is -2.15. The third-order valence-electron chi connectivity index (χ3n) is 3.91. The van der Waals surface area contributed by atoms with Gasteiger partial charge in [0.05, 0.1) is 7.11 Å². The fourth-order valence-electron chi connectivity index (χ4n) is 2.39. The van der Waals surface area contributed by atoms with E-state index in [-0.39, 0.29) is 5.91 Å². The second kappa shape index (κ2) is 9.33. The number of hydrogen-bond donors (Lipinski definition) is 1.